The molecule has 1 aromatic rings. The largest absolute Gasteiger partial charge is 0.502 e. The van der Waals surface area contributed by atoms with Crippen LogP contribution in [0.3, 0.4) is 0 Å². The van der Waals surface area contributed by atoms with Gasteiger partial charge in [-0.05, 0) is 39.8 Å². The van der Waals surface area contributed by atoms with Gasteiger partial charge in [0.15, 0.2) is 5.75 Å². The summed E-state index contributed by atoms with van der Waals surface area (Å²) in [6.07, 6.45) is 0. The Morgan fingerprint density at radius 3 is 2.18 bits per heavy atom. The average Bonchev–Trinajstić information content (AvgIpc) is 2.19. The van der Waals surface area contributed by atoms with Gasteiger partial charge in [-0.25, -0.2) is 0 Å². The van der Waals surface area contributed by atoms with Crippen molar-refractivity contribution in [3.05, 3.63) is 28.3 Å². The normalized spacial score (nSPS) is 10.9. The van der Waals surface area contributed by atoms with Crippen LogP contribution in [0.25, 0.3) is 0 Å². The Hall–Kier alpha value is -1.78. The third-order valence-electron chi connectivity index (χ3n) is 2.57. The molecule has 0 heterocycles. The summed E-state index contributed by atoms with van der Waals surface area (Å²) in [7, 11) is 0. The Balaban J connectivity index is 3.22. The van der Waals surface area contributed by atoms with Crippen molar-refractivity contribution in [1.29, 1.82) is 0 Å². The Kier molecular flexibility index (Phi) is 3.93. The van der Waals surface area contributed by atoms with Crippen molar-refractivity contribution in [1.82, 2.24) is 0 Å². The molecular formula is C12H18N2O3. The molecular weight excluding hydrogens is 220 g/mol. The Labute approximate surface area is 101 Å². The second kappa shape index (κ2) is 5.03. The molecule has 1 aromatic carbocycles. The van der Waals surface area contributed by atoms with E-state index in [0.29, 0.717) is 0 Å². The van der Waals surface area contributed by atoms with Gasteiger partial charge in [0.25, 0.3) is 0 Å². The van der Waals surface area contributed by atoms with Gasteiger partial charge in [-0.15, -0.1) is 0 Å². The number of nitro groups is 1. The van der Waals surface area contributed by atoms with E-state index in [1.54, 1.807) is 6.07 Å². The fourth-order valence-corrected chi connectivity index (χ4v) is 2.01. The first-order valence-electron chi connectivity index (χ1n) is 5.60. The fourth-order valence-electron chi connectivity index (χ4n) is 2.01. The molecule has 1 rings (SSSR count). The second-order valence-electron chi connectivity index (χ2n) is 4.52. The number of phenols is 1. The van der Waals surface area contributed by atoms with E-state index in [1.165, 1.54) is 12.1 Å². The summed E-state index contributed by atoms with van der Waals surface area (Å²) in [4.78, 5) is 12.3. The lowest BCUT2D eigenvalue weighted by Gasteiger charge is -2.32. The molecule has 0 saturated carbocycles. The van der Waals surface area contributed by atoms with Gasteiger partial charge in [-0.2, -0.15) is 0 Å². The highest BCUT2D eigenvalue weighted by Gasteiger charge is 2.19. The predicted octanol–water partition coefficient (Wildman–Crippen LogP) is 2.92. The molecule has 17 heavy (non-hydrogen) atoms. The molecule has 0 radical (unpaired) electrons. The van der Waals surface area contributed by atoms with E-state index in [-0.39, 0.29) is 23.5 Å². The standard InChI is InChI=1S/C12H18N2O3/c1-8(2)13(9(3)4)10-5-6-12(15)11(7-10)14(16)17/h5-9,15H,1-4H3. The Morgan fingerprint density at radius 2 is 1.76 bits per heavy atom. The van der Waals surface area contributed by atoms with Gasteiger partial charge in [0.05, 0.1) is 4.92 Å². The maximum atomic E-state index is 10.8. The van der Waals surface area contributed by atoms with E-state index in [0.717, 1.165) is 5.69 Å². The smallest absolute Gasteiger partial charge is 0.312 e. The maximum Gasteiger partial charge on any atom is 0.312 e. The molecule has 0 bridgehead atoms. The minimum Gasteiger partial charge on any atom is -0.502 e. The molecule has 0 atom stereocenters. The van der Waals surface area contributed by atoms with Crippen LogP contribution in [0.2, 0.25) is 0 Å². The number of aromatic hydroxyl groups is 1. The number of hydrogen-bond donors (Lipinski definition) is 1. The third-order valence-corrected chi connectivity index (χ3v) is 2.57. The van der Waals surface area contributed by atoms with Crippen molar-refractivity contribution in [2.75, 3.05) is 4.90 Å². The number of hydrogen-bond acceptors (Lipinski definition) is 4. The summed E-state index contributed by atoms with van der Waals surface area (Å²) in [5.41, 5.74) is 0.494. The van der Waals surface area contributed by atoms with Crippen molar-refractivity contribution < 1.29 is 10.0 Å². The first-order chi connectivity index (χ1) is 7.84. The molecule has 0 amide bonds. The lowest BCUT2D eigenvalue weighted by Crippen LogP contribution is -2.36. The van der Waals surface area contributed by atoms with Crippen LogP contribution in [0.1, 0.15) is 27.7 Å². The zero-order valence-corrected chi connectivity index (χ0v) is 10.5. The molecule has 0 saturated heterocycles. The molecule has 0 aliphatic heterocycles. The number of benzene rings is 1. The molecule has 0 aromatic heterocycles. The number of phenolic OH excluding ortho intramolecular Hbond substituents is 1. The van der Waals surface area contributed by atoms with Gasteiger partial charge in [-0.3, -0.25) is 10.1 Å². The van der Waals surface area contributed by atoms with Crippen LogP contribution < -0.4 is 4.90 Å². The van der Waals surface area contributed by atoms with E-state index in [4.69, 9.17) is 0 Å². The van der Waals surface area contributed by atoms with Crippen molar-refractivity contribution in [2.45, 2.75) is 39.8 Å². The minimum absolute atomic E-state index is 0.235. The van der Waals surface area contributed by atoms with Gasteiger partial charge in [0.1, 0.15) is 0 Å². The number of rotatable bonds is 4. The fraction of sp³-hybridized carbons (Fsp3) is 0.500. The van der Waals surface area contributed by atoms with Crippen molar-refractivity contribution in [3.8, 4) is 5.75 Å². The monoisotopic (exact) mass is 238 g/mol. The average molecular weight is 238 g/mol. The van der Waals surface area contributed by atoms with Crippen LogP contribution in [0.4, 0.5) is 11.4 Å². The summed E-state index contributed by atoms with van der Waals surface area (Å²) < 4.78 is 0. The topological polar surface area (TPSA) is 66.6 Å². The number of nitrogens with zero attached hydrogens (tertiary/aromatic N) is 2. The number of anilines is 1. The van der Waals surface area contributed by atoms with Crippen LogP contribution in [0, 0.1) is 10.1 Å². The highest BCUT2D eigenvalue weighted by Crippen LogP contribution is 2.31. The van der Waals surface area contributed by atoms with Crippen molar-refractivity contribution >= 4 is 11.4 Å². The Morgan fingerprint density at radius 1 is 1.24 bits per heavy atom. The lowest BCUT2D eigenvalue weighted by atomic mass is 10.1. The molecule has 5 nitrogen and oxygen atoms in total. The molecule has 5 heteroatoms. The predicted molar refractivity (Wildman–Crippen MR) is 67.5 cm³/mol. The SMILES string of the molecule is CC(C)N(c1ccc(O)c([N+](=O)[O-])c1)C(C)C. The quantitative estimate of drug-likeness (QED) is 0.647. The molecule has 1 N–H and O–H groups in total. The van der Waals surface area contributed by atoms with Gasteiger partial charge in [-0.1, -0.05) is 0 Å². The number of nitro benzene ring substituents is 1. The Bertz CT molecular complexity index is 408. The summed E-state index contributed by atoms with van der Waals surface area (Å²) in [6, 6.07) is 4.95. The molecule has 0 spiro atoms. The lowest BCUT2D eigenvalue weighted by molar-refractivity contribution is -0.385. The van der Waals surface area contributed by atoms with E-state index < -0.39 is 4.92 Å². The second-order valence-corrected chi connectivity index (χ2v) is 4.52. The zero-order valence-electron chi connectivity index (χ0n) is 10.5. The zero-order chi connectivity index (χ0) is 13.2. The van der Waals surface area contributed by atoms with Crippen LogP contribution in [-0.4, -0.2) is 22.1 Å². The molecule has 0 aliphatic carbocycles. The van der Waals surface area contributed by atoms with Crippen molar-refractivity contribution in [3.63, 3.8) is 0 Å². The summed E-state index contributed by atoms with van der Waals surface area (Å²) >= 11 is 0. The van der Waals surface area contributed by atoms with Crippen LogP contribution >= 0.6 is 0 Å². The highest BCUT2D eigenvalue weighted by molar-refractivity contribution is 5.60. The maximum absolute atomic E-state index is 10.8. The van der Waals surface area contributed by atoms with E-state index in [2.05, 4.69) is 4.90 Å². The van der Waals surface area contributed by atoms with Gasteiger partial charge >= 0.3 is 5.69 Å². The van der Waals surface area contributed by atoms with E-state index in [1.807, 2.05) is 27.7 Å². The molecule has 94 valence electrons. The van der Waals surface area contributed by atoms with Gasteiger partial charge < -0.3 is 10.0 Å². The summed E-state index contributed by atoms with van der Waals surface area (Å²) in [5, 5.41) is 20.2. The molecule has 0 unspecified atom stereocenters. The summed E-state index contributed by atoms with van der Waals surface area (Å²) in [5.74, 6) is -0.300. The highest BCUT2D eigenvalue weighted by atomic mass is 16.6. The van der Waals surface area contributed by atoms with Crippen LogP contribution in [0.5, 0.6) is 5.75 Å². The van der Waals surface area contributed by atoms with Crippen LogP contribution in [0.15, 0.2) is 18.2 Å². The molecule has 0 aliphatic rings. The molecule has 0 fully saturated rings. The van der Waals surface area contributed by atoms with E-state index >= 15 is 0 Å². The summed E-state index contributed by atoms with van der Waals surface area (Å²) in [6.45, 7) is 8.11. The van der Waals surface area contributed by atoms with Gasteiger partial charge in [0, 0.05) is 23.8 Å². The third kappa shape index (κ3) is 2.87. The first-order valence-corrected chi connectivity index (χ1v) is 5.60. The first kappa shape index (κ1) is 13.3. The van der Waals surface area contributed by atoms with E-state index in [9.17, 15) is 15.2 Å². The van der Waals surface area contributed by atoms with Gasteiger partial charge in [0.2, 0.25) is 0 Å². The van der Waals surface area contributed by atoms with Crippen molar-refractivity contribution in [2.24, 2.45) is 0 Å². The van der Waals surface area contributed by atoms with Crippen LogP contribution in [-0.2, 0) is 0 Å². The minimum atomic E-state index is -0.572.